The molecule has 1 heterocycles. The first-order valence-electron chi connectivity index (χ1n) is 11.4. The van der Waals surface area contributed by atoms with Gasteiger partial charge >= 0.3 is 5.97 Å². The van der Waals surface area contributed by atoms with E-state index in [0.717, 1.165) is 24.8 Å². The molecule has 0 spiro atoms. The van der Waals surface area contributed by atoms with Crippen LogP contribution in [-0.4, -0.2) is 56.7 Å². The Balaban J connectivity index is 1.41. The van der Waals surface area contributed by atoms with Gasteiger partial charge in [-0.1, -0.05) is 36.4 Å². The predicted octanol–water partition coefficient (Wildman–Crippen LogP) is 2.95. The number of sulfonamides is 1. The van der Waals surface area contributed by atoms with Crippen molar-refractivity contribution in [2.45, 2.75) is 43.1 Å². The monoisotopic (exact) mass is 470 g/mol. The molecule has 0 bridgehead atoms. The summed E-state index contributed by atoms with van der Waals surface area (Å²) in [7, 11) is -0.364. The summed E-state index contributed by atoms with van der Waals surface area (Å²) in [6.07, 6.45) is 2.69. The van der Waals surface area contributed by atoms with E-state index < -0.39 is 28.0 Å². The molecule has 1 amide bonds. The lowest BCUT2D eigenvalue weighted by Gasteiger charge is -2.31. The number of likely N-dealkylation sites (N-methyl/N-ethyl adjacent to an activating group) is 1. The molecule has 2 aromatic rings. The van der Waals surface area contributed by atoms with Crippen molar-refractivity contribution in [3.8, 4) is 0 Å². The van der Waals surface area contributed by atoms with Crippen molar-refractivity contribution in [3.63, 3.8) is 0 Å². The van der Waals surface area contributed by atoms with Crippen LogP contribution in [0.25, 0.3) is 0 Å². The molecule has 1 aliphatic carbocycles. The fraction of sp³-hybridized carbons (Fsp3) is 0.440. The summed E-state index contributed by atoms with van der Waals surface area (Å²) in [6, 6.07) is 14.3. The molecule has 33 heavy (non-hydrogen) atoms. The van der Waals surface area contributed by atoms with Gasteiger partial charge in [0.1, 0.15) is 0 Å². The third-order valence-corrected chi connectivity index (χ3v) is 8.39. The average Bonchev–Trinajstić information content (AvgIpc) is 3.30. The van der Waals surface area contributed by atoms with Gasteiger partial charge in [0.15, 0.2) is 0 Å². The summed E-state index contributed by atoms with van der Waals surface area (Å²) in [5.74, 6) is -1.22. The Morgan fingerprint density at radius 1 is 1.00 bits per heavy atom. The zero-order valence-electron chi connectivity index (χ0n) is 19.1. The van der Waals surface area contributed by atoms with E-state index in [1.165, 1.54) is 14.8 Å². The largest absolute Gasteiger partial charge is 0.447 e. The fourth-order valence-electron chi connectivity index (χ4n) is 4.53. The van der Waals surface area contributed by atoms with E-state index in [9.17, 15) is 18.0 Å². The minimum Gasteiger partial charge on any atom is -0.447 e. The SMILES string of the molecule is CN(C)C(=O)C(OC(=O)C1CCN(S(=O)(=O)c2ccc3c(c2)CCC3)CC1)c1ccccc1. The topological polar surface area (TPSA) is 84.0 Å². The van der Waals surface area contributed by atoms with Gasteiger partial charge in [-0.05, 0) is 55.4 Å². The fourth-order valence-corrected chi connectivity index (χ4v) is 6.05. The second-order valence-electron chi connectivity index (χ2n) is 8.92. The molecular formula is C25H30N2O5S. The standard InChI is InChI=1S/C25H30N2O5S/c1-26(2)24(28)23(19-7-4-3-5-8-19)32-25(29)20-13-15-27(16-14-20)33(30,31)22-12-11-18-9-6-10-21(18)17-22/h3-5,7-8,11-12,17,20,23H,6,9-10,13-16H2,1-2H3. The number of hydrogen-bond acceptors (Lipinski definition) is 5. The number of amides is 1. The van der Waals surface area contributed by atoms with Crippen LogP contribution < -0.4 is 0 Å². The zero-order valence-corrected chi connectivity index (χ0v) is 19.9. The summed E-state index contributed by atoms with van der Waals surface area (Å²) in [4.78, 5) is 27.3. The van der Waals surface area contributed by atoms with Crippen LogP contribution in [0.1, 0.15) is 42.1 Å². The Labute approximate surface area is 195 Å². The average molecular weight is 471 g/mol. The Morgan fingerprint density at radius 3 is 2.33 bits per heavy atom. The van der Waals surface area contributed by atoms with Crippen molar-refractivity contribution < 1.29 is 22.7 Å². The maximum Gasteiger partial charge on any atom is 0.310 e. The molecule has 4 rings (SSSR count). The molecule has 176 valence electrons. The first kappa shape index (κ1) is 23.4. The van der Waals surface area contributed by atoms with E-state index in [0.29, 0.717) is 23.3 Å². The van der Waals surface area contributed by atoms with Crippen LogP contribution in [0.4, 0.5) is 0 Å². The predicted molar refractivity (Wildman–Crippen MR) is 124 cm³/mol. The minimum absolute atomic E-state index is 0.247. The van der Waals surface area contributed by atoms with E-state index in [1.54, 1.807) is 50.5 Å². The third-order valence-electron chi connectivity index (χ3n) is 6.50. The number of carbonyl (C=O) groups is 2. The van der Waals surface area contributed by atoms with Gasteiger partial charge in [-0.15, -0.1) is 0 Å². The molecule has 0 saturated carbocycles. The lowest BCUT2D eigenvalue weighted by molar-refractivity contribution is -0.164. The maximum absolute atomic E-state index is 13.2. The van der Waals surface area contributed by atoms with Crippen molar-refractivity contribution in [1.82, 2.24) is 9.21 Å². The highest BCUT2D eigenvalue weighted by atomic mass is 32.2. The van der Waals surface area contributed by atoms with Gasteiger partial charge in [-0.2, -0.15) is 4.31 Å². The number of hydrogen-bond donors (Lipinski definition) is 0. The van der Waals surface area contributed by atoms with E-state index in [1.807, 2.05) is 12.1 Å². The molecule has 1 saturated heterocycles. The highest BCUT2D eigenvalue weighted by Gasteiger charge is 2.35. The lowest BCUT2D eigenvalue weighted by Crippen LogP contribution is -2.41. The minimum atomic E-state index is -3.60. The quantitative estimate of drug-likeness (QED) is 0.606. The van der Waals surface area contributed by atoms with Crippen molar-refractivity contribution in [3.05, 3.63) is 65.2 Å². The second kappa shape index (κ2) is 9.65. The van der Waals surface area contributed by atoms with E-state index in [4.69, 9.17) is 4.74 Å². The first-order valence-corrected chi connectivity index (χ1v) is 12.8. The molecule has 1 unspecified atom stereocenters. The third kappa shape index (κ3) is 4.96. The molecule has 1 atom stereocenters. The van der Waals surface area contributed by atoms with Gasteiger partial charge in [0.05, 0.1) is 10.8 Å². The Kier molecular flexibility index (Phi) is 6.86. The molecular weight excluding hydrogens is 440 g/mol. The van der Waals surface area contributed by atoms with Crippen LogP contribution in [0, 0.1) is 5.92 Å². The Hall–Kier alpha value is -2.71. The molecule has 7 nitrogen and oxygen atoms in total. The van der Waals surface area contributed by atoms with E-state index in [-0.39, 0.29) is 19.0 Å². The zero-order chi connectivity index (χ0) is 23.6. The number of benzene rings is 2. The summed E-state index contributed by atoms with van der Waals surface area (Å²) in [5.41, 5.74) is 2.96. The number of carbonyl (C=O) groups excluding carboxylic acids is 2. The Bertz CT molecular complexity index is 1120. The van der Waals surface area contributed by atoms with Crippen LogP contribution >= 0.6 is 0 Å². The molecule has 1 aliphatic heterocycles. The molecule has 0 N–H and O–H groups in total. The van der Waals surface area contributed by atoms with Gasteiger partial charge in [0.25, 0.3) is 5.91 Å². The van der Waals surface area contributed by atoms with Gasteiger partial charge in [0, 0.05) is 32.7 Å². The van der Waals surface area contributed by atoms with Crippen LogP contribution in [0.3, 0.4) is 0 Å². The van der Waals surface area contributed by atoms with Crippen LogP contribution in [0.2, 0.25) is 0 Å². The van der Waals surface area contributed by atoms with E-state index >= 15 is 0 Å². The number of piperidine rings is 1. The number of nitrogens with zero attached hydrogens (tertiary/aromatic N) is 2. The Morgan fingerprint density at radius 2 is 1.67 bits per heavy atom. The molecule has 2 aromatic carbocycles. The van der Waals surface area contributed by atoms with Crippen molar-refractivity contribution in [1.29, 1.82) is 0 Å². The van der Waals surface area contributed by atoms with Gasteiger partial charge in [-0.25, -0.2) is 8.42 Å². The van der Waals surface area contributed by atoms with Gasteiger partial charge in [0.2, 0.25) is 16.1 Å². The first-order chi connectivity index (χ1) is 15.8. The van der Waals surface area contributed by atoms with Crippen molar-refractivity contribution in [2.24, 2.45) is 5.92 Å². The highest BCUT2D eigenvalue weighted by Crippen LogP contribution is 2.30. The maximum atomic E-state index is 13.2. The highest BCUT2D eigenvalue weighted by molar-refractivity contribution is 7.89. The number of ether oxygens (including phenoxy) is 1. The molecule has 0 radical (unpaired) electrons. The summed E-state index contributed by atoms with van der Waals surface area (Å²) in [5, 5.41) is 0. The van der Waals surface area contributed by atoms with E-state index in [2.05, 4.69) is 0 Å². The lowest BCUT2D eigenvalue weighted by atomic mass is 9.98. The molecule has 1 fully saturated rings. The summed E-state index contributed by atoms with van der Waals surface area (Å²) < 4.78 is 33.4. The number of rotatable bonds is 6. The second-order valence-corrected chi connectivity index (χ2v) is 10.9. The smallest absolute Gasteiger partial charge is 0.310 e. The van der Waals surface area contributed by atoms with Gasteiger partial charge in [-0.3, -0.25) is 9.59 Å². The van der Waals surface area contributed by atoms with Crippen molar-refractivity contribution >= 4 is 21.9 Å². The summed E-state index contributed by atoms with van der Waals surface area (Å²) in [6.45, 7) is 0.494. The van der Waals surface area contributed by atoms with Crippen LogP contribution in [0.5, 0.6) is 0 Å². The van der Waals surface area contributed by atoms with Crippen molar-refractivity contribution in [2.75, 3.05) is 27.2 Å². The number of esters is 1. The molecule has 0 aromatic heterocycles. The van der Waals surface area contributed by atoms with Crippen LogP contribution in [-0.2, 0) is 37.2 Å². The normalized spacial score (nSPS) is 17.9. The van der Waals surface area contributed by atoms with Gasteiger partial charge < -0.3 is 9.64 Å². The molecule has 8 heteroatoms. The van der Waals surface area contributed by atoms with Crippen LogP contribution in [0.15, 0.2) is 53.4 Å². The summed E-state index contributed by atoms with van der Waals surface area (Å²) >= 11 is 0. The number of aryl methyl sites for hydroxylation is 2. The number of fused-ring (bicyclic) bond motifs is 1. The molecule has 2 aliphatic rings.